The van der Waals surface area contributed by atoms with E-state index >= 15 is 0 Å². The van der Waals surface area contributed by atoms with Crippen molar-refractivity contribution < 1.29 is 27.8 Å². The average Bonchev–Trinajstić information content (AvgIpc) is 2.90. The van der Waals surface area contributed by atoms with Crippen LogP contribution in [-0.4, -0.2) is 29.6 Å². The Balaban J connectivity index is 2.03. The largest absolute Gasteiger partial charge is 0.478 e. The first-order valence-electron chi connectivity index (χ1n) is 7.39. The van der Waals surface area contributed by atoms with Gasteiger partial charge in [0.2, 0.25) is 0 Å². The van der Waals surface area contributed by atoms with Crippen molar-refractivity contribution in [2.24, 2.45) is 0 Å². The SMILES string of the molecule is CCOC(=O)c1sc(NC(=O)C(C)Oc2ccc(F)cc2F)nc1C. The van der Waals surface area contributed by atoms with E-state index in [2.05, 4.69) is 10.3 Å². The monoisotopic (exact) mass is 370 g/mol. The van der Waals surface area contributed by atoms with Gasteiger partial charge in [-0.15, -0.1) is 0 Å². The van der Waals surface area contributed by atoms with E-state index in [0.717, 1.165) is 23.5 Å². The molecule has 0 fully saturated rings. The van der Waals surface area contributed by atoms with Crippen LogP contribution in [0.15, 0.2) is 18.2 Å². The number of carbonyl (C=O) groups excluding carboxylic acids is 2. The number of carbonyl (C=O) groups is 2. The number of anilines is 1. The molecule has 1 N–H and O–H groups in total. The zero-order valence-electron chi connectivity index (χ0n) is 13.8. The van der Waals surface area contributed by atoms with Crippen molar-refractivity contribution in [3.05, 3.63) is 40.4 Å². The molecule has 25 heavy (non-hydrogen) atoms. The fraction of sp³-hybridized carbons (Fsp3) is 0.312. The van der Waals surface area contributed by atoms with Gasteiger partial charge in [-0.3, -0.25) is 10.1 Å². The summed E-state index contributed by atoms with van der Waals surface area (Å²) in [7, 11) is 0. The summed E-state index contributed by atoms with van der Waals surface area (Å²) in [6.07, 6.45) is -1.06. The predicted molar refractivity (Wildman–Crippen MR) is 87.9 cm³/mol. The molecule has 0 aliphatic carbocycles. The summed E-state index contributed by atoms with van der Waals surface area (Å²) in [5, 5.41) is 2.69. The maximum absolute atomic E-state index is 13.6. The Labute approximate surface area is 146 Å². The molecule has 134 valence electrons. The molecule has 1 aromatic carbocycles. The van der Waals surface area contributed by atoms with Gasteiger partial charge in [0.15, 0.2) is 22.8 Å². The third-order valence-electron chi connectivity index (χ3n) is 3.05. The summed E-state index contributed by atoms with van der Waals surface area (Å²) in [5.41, 5.74) is 0.428. The Kier molecular flexibility index (Phi) is 6.02. The number of esters is 1. The van der Waals surface area contributed by atoms with Crippen molar-refractivity contribution in [3.63, 3.8) is 0 Å². The first-order chi connectivity index (χ1) is 11.8. The number of hydrogen-bond acceptors (Lipinski definition) is 6. The number of rotatable bonds is 6. The van der Waals surface area contributed by atoms with Gasteiger partial charge < -0.3 is 9.47 Å². The summed E-state index contributed by atoms with van der Waals surface area (Å²) in [5.74, 6) is -3.00. The maximum atomic E-state index is 13.6. The normalized spacial score (nSPS) is 11.7. The molecule has 9 heteroatoms. The Bertz CT molecular complexity index is 794. The van der Waals surface area contributed by atoms with Crippen LogP contribution in [0, 0.1) is 18.6 Å². The molecule has 0 saturated heterocycles. The molecule has 0 spiro atoms. The van der Waals surface area contributed by atoms with Gasteiger partial charge in [-0.05, 0) is 32.9 Å². The summed E-state index contributed by atoms with van der Waals surface area (Å²) >= 11 is 0.968. The van der Waals surface area contributed by atoms with E-state index in [-0.39, 0.29) is 22.4 Å². The molecule has 1 aromatic heterocycles. The van der Waals surface area contributed by atoms with Gasteiger partial charge in [-0.25, -0.2) is 18.6 Å². The van der Waals surface area contributed by atoms with Crippen molar-refractivity contribution >= 4 is 28.3 Å². The van der Waals surface area contributed by atoms with Gasteiger partial charge >= 0.3 is 5.97 Å². The van der Waals surface area contributed by atoms with E-state index in [4.69, 9.17) is 9.47 Å². The second-order valence-corrected chi connectivity index (χ2v) is 5.98. The highest BCUT2D eigenvalue weighted by Gasteiger charge is 2.21. The average molecular weight is 370 g/mol. The molecule has 1 unspecified atom stereocenters. The molecule has 0 aliphatic heterocycles. The van der Waals surface area contributed by atoms with Gasteiger partial charge in [-0.2, -0.15) is 0 Å². The highest BCUT2D eigenvalue weighted by molar-refractivity contribution is 7.17. The minimum Gasteiger partial charge on any atom is -0.478 e. The van der Waals surface area contributed by atoms with Crippen molar-refractivity contribution in [1.82, 2.24) is 4.98 Å². The van der Waals surface area contributed by atoms with Crippen LogP contribution in [0.2, 0.25) is 0 Å². The van der Waals surface area contributed by atoms with Crippen LogP contribution in [0.5, 0.6) is 5.75 Å². The molecule has 0 aliphatic rings. The maximum Gasteiger partial charge on any atom is 0.350 e. The second-order valence-electron chi connectivity index (χ2n) is 4.98. The van der Waals surface area contributed by atoms with Crippen LogP contribution in [0.25, 0.3) is 0 Å². The quantitative estimate of drug-likeness (QED) is 0.790. The summed E-state index contributed by atoms with van der Waals surface area (Å²) in [6.45, 7) is 4.94. The number of nitrogens with one attached hydrogen (secondary N) is 1. The molecular formula is C16H16F2N2O4S. The van der Waals surface area contributed by atoms with E-state index in [1.165, 1.54) is 6.92 Å². The first-order valence-corrected chi connectivity index (χ1v) is 8.20. The lowest BCUT2D eigenvalue weighted by molar-refractivity contribution is -0.122. The van der Waals surface area contributed by atoms with Crippen LogP contribution in [0.4, 0.5) is 13.9 Å². The van der Waals surface area contributed by atoms with Crippen LogP contribution >= 0.6 is 11.3 Å². The van der Waals surface area contributed by atoms with Crippen molar-refractivity contribution in [1.29, 1.82) is 0 Å². The third-order valence-corrected chi connectivity index (χ3v) is 4.11. The molecule has 2 rings (SSSR count). The van der Waals surface area contributed by atoms with E-state index in [9.17, 15) is 18.4 Å². The number of nitrogens with zero attached hydrogens (tertiary/aromatic N) is 1. The standard InChI is InChI=1S/C16H16F2N2O4S/c1-4-23-15(22)13-8(2)19-16(25-13)20-14(21)9(3)24-12-6-5-10(17)7-11(12)18/h5-7,9H,4H2,1-3H3,(H,19,20,21). The summed E-state index contributed by atoms with van der Waals surface area (Å²) < 4.78 is 36.5. The lowest BCUT2D eigenvalue weighted by Crippen LogP contribution is -2.30. The zero-order valence-corrected chi connectivity index (χ0v) is 14.6. The third kappa shape index (κ3) is 4.72. The number of ether oxygens (including phenoxy) is 2. The minimum atomic E-state index is -1.06. The molecule has 0 saturated carbocycles. The predicted octanol–water partition coefficient (Wildman–Crippen LogP) is 3.31. The van der Waals surface area contributed by atoms with E-state index in [1.807, 2.05) is 0 Å². The molecule has 1 amide bonds. The molecule has 6 nitrogen and oxygen atoms in total. The lowest BCUT2D eigenvalue weighted by atomic mass is 10.3. The van der Waals surface area contributed by atoms with Gasteiger partial charge in [-0.1, -0.05) is 11.3 Å². The minimum absolute atomic E-state index is 0.195. The Morgan fingerprint density at radius 3 is 2.72 bits per heavy atom. The van der Waals surface area contributed by atoms with Gasteiger partial charge in [0.1, 0.15) is 10.7 Å². The highest BCUT2D eigenvalue weighted by Crippen LogP contribution is 2.24. The number of benzene rings is 1. The van der Waals surface area contributed by atoms with Crippen molar-refractivity contribution in [2.75, 3.05) is 11.9 Å². The summed E-state index contributed by atoms with van der Waals surface area (Å²) in [4.78, 5) is 28.2. The lowest BCUT2D eigenvalue weighted by Gasteiger charge is -2.14. The van der Waals surface area contributed by atoms with Crippen LogP contribution in [0.3, 0.4) is 0 Å². The first kappa shape index (κ1) is 18.8. The van der Waals surface area contributed by atoms with Crippen LogP contribution < -0.4 is 10.1 Å². The van der Waals surface area contributed by atoms with Crippen LogP contribution in [-0.2, 0) is 9.53 Å². The van der Waals surface area contributed by atoms with E-state index < -0.39 is 29.6 Å². The number of amides is 1. The fourth-order valence-corrected chi connectivity index (χ4v) is 2.72. The molecular weight excluding hydrogens is 354 g/mol. The molecule has 1 atom stereocenters. The van der Waals surface area contributed by atoms with Crippen LogP contribution in [0.1, 0.15) is 29.2 Å². The number of aryl methyl sites for hydroxylation is 1. The number of hydrogen-bond donors (Lipinski definition) is 1. The van der Waals surface area contributed by atoms with Gasteiger partial charge in [0, 0.05) is 6.07 Å². The van der Waals surface area contributed by atoms with Crippen molar-refractivity contribution in [2.45, 2.75) is 26.9 Å². The Hall–Kier alpha value is -2.55. The molecule has 1 heterocycles. The van der Waals surface area contributed by atoms with E-state index in [1.54, 1.807) is 13.8 Å². The van der Waals surface area contributed by atoms with Gasteiger partial charge in [0.05, 0.1) is 12.3 Å². The molecule has 0 bridgehead atoms. The van der Waals surface area contributed by atoms with E-state index in [0.29, 0.717) is 11.8 Å². The highest BCUT2D eigenvalue weighted by atomic mass is 32.1. The smallest absolute Gasteiger partial charge is 0.350 e. The molecule has 2 aromatic rings. The topological polar surface area (TPSA) is 77.5 Å². The summed E-state index contributed by atoms with van der Waals surface area (Å²) in [6, 6.07) is 2.79. The number of halogens is 2. The number of thiazole rings is 1. The van der Waals surface area contributed by atoms with Gasteiger partial charge in [0.25, 0.3) is 5.91 Å². The van der Waals surface area contributed by atoms with Crippen molar-refractivity contribution in [3.8, 4) is 5.75 Å². The molecule has 0 radical (unpaired) electrons. The zero-order chi connectivity index (χ0) is 18.6. The second kappa shape index (κ2) is 8.02. The fourth-order valence-electron chi connectivity index (χ4n) is 1.86. The Morgan fingerprint density at radius 1 is 1.36 bits per heavy atom. The number of aromatic nitrogens is 1. The Morgan fingerprint density at radius 2 is 2.08 bits per heavy atom.